The molecule has 3 heterocycles. The Hall–Kier alpha value is -3.13. The van der Waals surface area contributed by atoms with E-state index in [1.54, 1.807) is 26.8 Å². The number of likely N-dealkylation sites (tertiary alicyclic amines) is 1. The second-order valence-electron chi connectivity index (χ2n) is 9.02. The summed E-state index contributed by atoms with van der Waals surface area (Å²) in [5, 5.41) is 5.34. The Balaban J connectivity index is 1.72. The Morgan fingerprint density at radius 2 is 2.05 bits per heavy atom. The van der Waals surface area contributed by atoms with Crippen LogP contribution in [0.15, 0.2) is 38.5 Å². The van der Waals surface area contributed by atoms with Gasteiger partial charge in [0.25, 0.3) is 15.9 Å². The molecule has 4 rings (SSSR count). The number of pyridine rings is 1. The van der Waals surface area contributed by atoms with Crippen LogP contribution in [0.3, 0.4) is 0 Å². The summed E-state index contributed by atoms with van der Waals surface area (Å²) in [6.45, 7) is 5.77. The van der Waals surface area contributed by atoms with Gasteiger partial charge in [-0.1, -0.05) is 24.6 Å². The average Bonchev–Trinajstić information content (AvgIpc) is 3.48. The van der Waals surface area contributed by atoms with E-state index in [4.69, 9.17) is 21.8 Å². The predicted octanol–water partition coefficient (Wildman–Crippen LogP) is 2.16. The maximum atomic E-state index is 14.9. The van der Waals surface area contributed by atoms with Gasteiger partial charge in [-0.05, 0) is 55.2 Å². The molecule has 2 aromatic heterocycles. The lowest BCUT2D eigenvalue weighted by Gasteiger charge is -2.25. The molecule has 1 saturated heterocycles. The molecule has 1 unspecified atom stereocenters. The van der Waals surface area contributed by atoms with Gasteiger partial charge in [0.1, 0.15) is 17.6 Å². The Bertz CT molecular complexity index is 1510. The molecule has 1 amide bonds. The Morgan fingerprint density at radius 1 is 1.32 bits per heavy atom. The Morgan fingerprint density at radius 3 is 2.68 bits per heavy atom. The highest BCUT2D eigenvalue weighted by atomic mass is 35.5. The van der Waals surface area contributed by atoms with E-state index in [0.717, 1.165) is 11.6 Å². The number of aryl methyl sites for hydroxylation is 1. The zero-order chi connectivity index (χ0) is 27.1. The van der Waals surface area contributed by atoms with Crippen molar-refractivity contribution in [3.05, 3.63) is 73.9 Å². The number of hydrogen-bond donors (Lipinski definition) is 3. The van der Waals surface area contributed by atoms with Gasteiger partial charge in [-0.15, -0.1) is 5.10 Å². The van der Waals surface area contributed by atoms with Crippen LogP contribution in [-0.2, 0) is 10.0 Å². The fourth-order valence-electron chi connectivity index (χ4n) is 4.34. The number of sulfonamides is 1. The van der Waals surface area contributed by atoms with E-state index in [1.165, 1.54) is 17.0 Å². The third-order valence-corrected chi connectivity index (χ3v) is 8.15. The summed E-state index contributed by atoms with van der Waals surface area (Å²) in [7, 11) is -4.45. The molecule has 198 valence electrons. The molecule has 3 aromatic rings. The molecule has 0 bridgehead atoms. The SMILES string of the molecule is Cc1ccc(F)c([C@@H](C)[C@H](NS(=O)(=O)c2ccc(Cl)c(C(=O)N3CCC(N)C3)n2)c2n[nH]c(=O)o2)c1C. The number of nitrogens with one attached hydrogen (secondary N) is 2. The number of aromatic nitrogens is 3. The zero-order valence-electron chi connectivity index (χ0n) is 20.3. The van der Waals surface area contributed by atoms with Crippen LogP contribution < -0.4 is 16.2 Å². The quantitative estimate of drug-likeness (QED) is 0.401. The van der Waals surface area contributed by atoms with E-state index >= 15 is 0 Å². The number of carbonyl (C=O) groups is 1. The first-order valence-corrected chi connectivity index (χ1v) is 13.3. The van der Waals surface area contributed by atoms with Crippen molar-refractivity contribution in [3.8, 4) is 0 Å². The van der Waals surface area contributed by atoms with Crippen LogP contribution in [-0.4, -0.2) is 53.5 Å². The van der Waals surface area contributed by atoms with Gasteiger partial charge in [-0.2, -0.15) is 4.72 Å². The maximum Gasteiger partial charge on any atom is 0.434 e. The molecule has 0 saturated carbocycles. The third kappa shape index (κ3) is 5.44. The lowest BCUT2D eigenvalue weighted by atomic mass is 9.88. The van der Waals surface area contributed by atoms with Crippen LogP contribution in [0.2, 0.25) is 5.02 Å². The number of hydrogen-bond acceptors (Lipinski definition) is 8. The standard InChI is InChI=1S/C23H26ClFN6O5S/c1-11-4-6-16(25)18(12(11)2)13(3)19(21-28-29-23(33)36-21)30-37(34,35)17-7-5-15(24)20(27-17)22(32)31-9-8-14(26)10-31/h4-7,13-14,19,30H,8-10,26H2,1-3H3,(H,29,33)/t13-,14?,19+/m1/s1. The summed E-state index contributed by atoms with van der Waals surface area (Å²) < 4.78 is 49.3. The number of benzene rings is 1. The van der Waals surface area contributed by atoms with Crippen molar-refractivity contribution in [3.63, 3.8) is 0 Å². The van der Waals surface area contributed by atoms with E-state index in [2.05, 4.69) is 19.9 Å². The smallest absolute Gasteiger partial charge is 0.391 e. The van der Waals surface area contributed by atoms with E-state index in [9.17, 15) is 22.4 Å². The summed E-state index contributed by atoms with van der Waals surface area (Å²) in [5.74, 6) is -3.16. The first-order chi connectivity index (χ1) is 17.4. The predicted molar refractivity (Wildman–Crippen MR) is 132 cm³/mol. The van der Waals surface area contributed by atoms with Crippen molar-refractivity contribution in [1.29, 1.82) is 0 Å². The largest absolute Gasteiger partial charge is 0.434 e. The number of rotatable bonds is 7. The highest BCUT2D eigenvalue weighted by Gasteiger charge is 2.35. The van der Waals surface area contributed by atoms with Crippen LogP contribution in [0.4, 0.5) is 4.39 Å². The molecule has 1 aliphatic heterocycles. The number of carbonyl (C=O) groups excluding carboxylic acids is 1. The third-order valence-electron chi connectivity index (χ3n) is 6.50. The van der Waals surface area contributed by atoms with Crippen molar-refractivity contribution in [2.24, 2.45) is 5.73 Å². The molecule has 1 aromatic carbocycles. The van der Waals surface area contributed by atoms with Gasteiger partial charge in [0.2, 0.25) is 5.89 Å². The second-order valence-corrected chi connectivity index (χ2v) is 11.1. The summed E-state index contributed by atoms with van der Waals surface area (Å²) >= 11 is 6.18. The summed E-state index contributed by atoms with van der Waals surface area (Å²) in [5.41, 5.74) is 7.26. The van der Waals surface area contributed by atoms with Crippen molar-refractivity contribution < 1.29 is 22.0 Å². The first-order valence-electron chi connectivity index (χ1n) is 11.4. The number of amides is 1. The zero-order valence-corrected chi connectivity index (χ0v) is 21.9. The molecule has 0 radical (unpaired) electrons. The molecule has 4 N–H and O–H groups in total. The van der Waals surface area contributed by atoms with E-state index in [0.29, 0.717) is 25.1 Å². The van der Waals surface area contributed by atoms with Crippen LogP contribution in [0.1, 0.15) is 58.4 Å². The van der Waals surface area contributed by atoms with Crippen LogP contribution >= 0.6 is 11.6 Å². The van der Waals surface area contributed by atoms with Crippen molar-refractivity contribution >= 4 is 27.5 Å². The van der Waals surface area contributed by atoms with E-state index in [-0.39, 0.29) is 28.2 Å². The van der Waals surface area contributed by atoms with Crippen molar-refractivity contribution in [2.75, 3.05) is 13.1 Å². The minimum Gasteiger partial charge on any atom is -0.391 e. The lowest BCUT2D eigenvalue weighted by Crippen LogP contribution is -2.35. The maximum absolute atomic E-state index is 14.9. The van der Waals surface area contributed by atoms with E-state index in [1.807, 2.05) is 0 Å². The summed E-state index contributed by atoms with van der Waals surface area (Å²) in [6.07, 6.45) is 0.603. The number of nitrogens with two attached hydrogens (primary N) is 1. The topological polar surface area (TPSA) is 164 Å². The fraction of sp³-hybridized carbons (Fsp3) is 0.391. The Labute approximate surface area is 217 Å². The molecule has 3 atom stereocenters. The van der Waals surface area contributed by atoms with Gasteiger partial charge in [0.05, 0.1) is 5.02 Å². The van der Waals surface area contributed by atoms with Gasteiger partial charge in [-0.25, -0.2) is 27.7 Å². The summed E-state index contributed by atoms with van der Waals surface area (Å²) in [4.78, 5) is 30.1. The molecular weight excluding hydrogens is 527 g/mol. The monoisotopic (exact) mass is 552 g/mol. The molecule has 1 aliphatic rings. The minimum atomic E-state index is -4.45. The van der Waals surface area contributed by atoms with Crippen molar-refractivity contribution in [1.82, 2.24) is 24.8 Å². The Kier molecular flexibility index (Phi) is 7.51. The second kappa shape index (κ2) is 10.3. The highest BCUT2D eigenvalue weighted by molar-refractivity contribution is 7.89. The molecule has 0 spiro atoms. The number of H-pyrrole nitrogens is 1. The van der Waals surface area contributed by atoms with E-state index < -0.39 is 44.5 Å². The van der Waals surface area contributed by atoms with Crippen molar-refractivity contribution in [2.45, 2.75) is 50.2 Å². The normalized spacial score (nSPS) is 17.7. The van der Waals surface area contributed by atoms with Gasteiger partial charge in [-0.3, -0.25) is 4.79 Å². The first kappa shape index (κ1) is 26.9. The highest BCUT2D eigenvalue weighted by Crippen LogP contribution is 2.35. The molecule has 1 fully saturated rings. The minimum absolute atomic E-state index is 0.0231. The van der Waals surface area contributed by atoms with Crippen LogP contribution in [0, 0.1) is 19.7 Å². The number of halogens is 2. The molecule has 0 aliphatic carbocycles. The van der Waals surface area contributed by atoms with Gasteiger partial charge in [0, 0.05) is 25.0 Å². The molecule has 14 heteroatoms. The average molecular weight is 553 g/mol. The molecule has 11 nitrogen and oxygen atoms in total. The number of aromatic amines is 1. The summed E-state index contributed by atoms with van der Waals surface area (Å²) in [6, 6.07) is 3.79. The number of nitrogens with zero attached hydrogens (tertiary/aromatic N) is 3. The molecule has 37 heavy (non-hydrogen) atoms. The molecular formula is C23H26ClFN6O5S. The van der Waals surface area contributed by atoms with Gasteiger partial charge < -0.3 is 15.1 Å². The van der Waals surface area contributed by atoms with Gasteiger partial charge in [0.15, 0.2) is 5.03 Å². The van der Waals surface area contributed by atoms with Gasteiger partial charge >= 0.3 is 5.76 Å². The van der Waals surface area contributed by atoms with Crippen LogP contribution in [0.25, 0.3) is 0 Å². The van der Waals surface area contributed by atoms with Crippen LogP contribution in [0.5, 0.6) is 0 Å². The lowest BCUT2D eigenvalue weighted by molar-refractivity contribution is 0.0784. The fourth-order valence-corrected chi connectivity index (χ4v) is 5.75.